The van der Waals surface area contributed by atoms with Gasteiger partial charge in [0.2, 0.25) is 5.67 Å². The molecule has 0 aliphatic heterocycles. The molecule has 132 valence electrons. The Morgan fingerprint density at radius 3 is 2.92 bits per heavy atom. The van der Waals surface area contributed by atoms with Crippen LogP contribution in [0.1, 0.15) is 35.8 Å². The molecule has 1 aliphatic carbocycles. The fraction of sp³-hybridized carbons (Fsp3) is 0.294. The van der Waals surface area contributed by atoms with Crippen LogP contribution in [0, 0.1) is 11.6 Å². The maximum Gasteiger partial charge on any atom is 0.262 e. The topological polar surface area (TPSA) is 62.2 Å². The summed E-state index contributed by atoms with van der Waals surface area (Å²) in [6.07, 6.45) is 0.172. The van der Waals surface area contributed by atoms with Gasteiger partial charge in [0, 0.05) is 23.9 Å². The summed E-state index contributed by atoms with van der Waals surface area (Å²) >= 11 is 5.60. The molecule has 0 radical (unpaired) electrons. The molecule has 1 aromatic heterocycles. The Morgan fingerprint density at radius 1 is 1.40 bits per heavy atom. The summed E-state index contributed by atoms with van der Waals surface area (Å²) in [5.74, 6) is -2.94. The van der Waals surface area contributed by atoms with E-state index in [0.717, 1.165) is 12.1 Å². The average Bonchev–Trinajstić information content (AvgIpc) is 2.61. The highest BCUT2D eigenvalue weighted by molar-refractivity contribution is 6.30. The molecule has 1 aromatic carbocycles. The van der Waals surface area contributed by atoms with E-state index in [-0.39, 0.29) is 29.1 Å². The quantitative estimate of drug-likeness (QED) is 0.815. The number of nitrogens with zero attached hydrogens (tertiary/aromatic N) is 1. The number of nitrogens with one attached hydrogen (secondary N) is 1. The summed E-state index contributed by atoms with van der Waals surface area (Å²) in [4.78, 5) is 16.3. The number of rotatable bonds is 3. The maximum absolute atomic E-state index is 15.3. The van der Waals surface area contributed by atoms with E-state index in [4.69, 9.17) is 11.6 Å². The van der Waals surface area contributed by atoms with E-state index in [1.807, 2.05) is 0 Å². The van der Waals surface area contributed by atoms with Gasteiger partial charge in [0.15, 0.2) is 0 Å². The average molecular weight is 371 g/mol. The Bertz CT molecular complexity index is 834. The number of aliphatic hydroxyl groups excluding tert-OH is 1. The molecule has 2 atom stereocenters. The molecule has 8 heteroatoms. The van der Waals surface area contributed by atoms with Gasteiger partial charge in [-0.25, -0.2) is 13.2 Å². The third kappa shape index (κ3) is 3.09. The van der Waals surface area contributed by atoms with Crippen molar-refractivity contribution >= 4 is 17.5 Å². The number of hydrogen-bond acceptors (Lipinski definition) is 3. The van der Waals surface area contributed by atoms with Gasteiger partial charge in [-0.2, -0.15) is 0 Å². The number of amides is 1. The summed E-state index contributed by atoms with van der Waals surface area (Å²) in [5, 5.41) is 11.8. The maximum atomic E-state index is 15.3. The van der Waals surface area contributed by atoms with Crippen molar-refractivity contribution in [1.82, 2.24) is 10.3 Å². The summed E-state index contributed by atoms with van der Waals surface area (Å²) < 4.78 is 42.9. The minimum Gasteiger partial charge on any atom is -0.387 e. The number of aromatic nitrogens is 1. The molecule has 0 fully saturated rings. The zero-order chi connectivity index (χ0) is 18.2. The normalized spacial score (nSPS) is 22.4. The van der Waals surface area contributed by atoms with Crippen LogP contribution in [0.25, 0.3) is 0 Å². The Balaban J connectivity index is 1.85. The van der Waals surface area contributed by atoms with Gasteiger partial charge in [0.1, 0.15) is 11.6 Å². The highest BCUT2D eigenvalue weighted by Gasteiger charge is 2.46. The van der Waals surface area contributed by atoms with Crippen LogP contribution >= 0.6 is 11.6 Å². The predicted molar refractivity (Wildman–Crippen MR) is 84.4 cm³/mol. The lowest BCUT2D eigenvalue weighted by Gasteiger charge is -2.32. The molecular formula is C17H14ClF3N2O2. The van der Waals surface area contributed by atoms with Crippen LogP contribution in [0.15, 0.2) is 30.5 Å². The van der Waals surface area contributed by atoms with Crippen LogP contribution in [0.5, 0.6) is 0 Å². The van der Waals surface area contributed by atoms with Crippen LogP contribution in [-0.4, -0.2) is 16.0 Å². The van der Waals surface area contributed by atoms with Crippen molar-refractivity contribution in [2.24, 2.45) is 0 Å². The molecule has 0 spiro atoms. The molecule has 25 heavy (non-hydrogen) atoms. The van der Waals surface area contributed by atoms with Crippen LogP contribution in [-0.2, 0) is 17.0 Å². The fourth-order valence-corrected chi connectivity index (χ4v) is 3.08. The molecule has 3 rings (SSSR count). The number of fused-ring (bicyclic) bond motifs is 1. The standard InChI is InChI=1S/C17H14ClF3N2O2/c18-11-3-4-12(19)9(14(11)20)8-23-16(25)17(21)6-5-13(24)15-10(17)2-1-7-22-15/h1-4,7,13,24H,5-6,8H2,(H,23,25). The summed E-state index contributed by atoms with van der Waals surface area (Å²) in [5.41, 5.74) is -2.84. The number of aliphatic hydroxyl groups is 1. The molecule has 1 amide bonds. The Labute approximate surface area is 146 Å². The van der Waals surface area contributed by atoms with Crippen LogP contribution in [0.3, 0.4) is 0 Å². The van der Waals surface area contributed by atoms with Gasteiger partial charge in [-0.3, -0.25) is 9.78 Å². The van der Waals surface area contributed by atoms with E-state index in [0.29, 0.717) is 0 Å². The van der Waals surface area contributed by atoms with Crippen molar-refractivity contribution in [3.8, 4) is 0 Å². The summed E-state index contributed by atoms with van der Waals surface area (Å²) in [6.45, 7) is -0.555. The van der Waals surface area contributed by atoms with E-state index in [9.17, 15) is 18.7 Å². The second-order valence-electron chi connectivity index (χ2n) is 5.80. The predicted octanol–water partition coefficient (Wildman–Crippen LogP) is 3.32. The van der Waals surface area contributed by atoms with Gasteiger partial charge in [0.05, 0.1) is 16.8 Å². The van der Waals surface area contributed by atoms with Crippen molar-refractivity contribution in [2.45, 2.75) is 31.2 Å². The molecular weight excluding hydrogens is 357 g/mol. The second kappa shape index (κ2) is 6.65. The molecule has 2 unspecified atom stereocenters. The zero-order valence-electron chi connectivity index (χ0n) is 12.9. The first-order valence-corrected chi connectivity index (χ1v) is 7.95. The van der Waals surface area contributed by atoms with E-state index in [1.165, 1.54) is 18.3 Å². The highest BCUT2D eigenvalue weighted by Crippen LogP contribution is 2.42. The van der Waals surface area contributed by atoms with Crippen LogP contribution < -0.4 is 5.32 Å². The third-order valence-electron chi connectivity index (χ3n) is 4.27. The first-order chi connectivity index (χ1) is 11.8. The number of pyridine rings is 1. The van der Waals surface area contributed by atoms with Crippen LogP contribution in [0.4, 0.5) is 13.2 Å². The molecule has 4 nitrogen and oxygen atoms in total. The van der Waals surface area contributed by atoms with E-state index < -0.39 is 41.4 Å². The van der Waals surface area contributed by atoms with Crippen molar-refractivity contribution < 1.29 is 23.1 Å². The largest absolute Gasteiger partial charge is 0.387 e. The van der Waals surface area contributed by atoms with Crippen molar-refractivity contribution in [3.05, 3.63) is 63.9 Å². The first kappa shape index (κ1) is 17.7. The number of carbonyl (C=O) groups is 1. The smallest absolute Gasteiger partial charge is 0.262 e. The Morgan fingerprint density at radius 2 is 2.16 bits per heavy atom. The van der Waals surface area contributed by atoms with Gasteiger partial charge >= 0.3 is 0 Å². The molecule has 1 heterocycles. The fourth-order valence-electron chi connectivity index (χ4n) is 2.90. The summed E-state index contributed by atoms with van der Waals surface area (Å²) in [6, 6.07) is 4.84. The SMILES string of the molecule is O=C(NCc1c(F)ccc(Cl)c1F)C1(F)CCC(O)c2ncccc21. The van der Waals surface area contributed by atoms with Gasteiger partial charge < -0.3 is 10.4 Å². The minimum atomic E-state index is -2.44. The molecule has 0 bridgehead atoms. The van der Waals surface area contributed by atoms with Gasteiger partial charge in [0.25, 0.3) is 5.91 Å². The first-order valence-electron chi connectivity index (χ1n) is 7.57. The van der Waals surface area contributed by atoms with Gasteiger partial charge in [-0.15, -0.1) is 0 Å². The number of benzene rings is 1. The Hall–Kier alpha value is -2.12. The number of hydrogen-bond donors (Lipinski definition) is 2. The van der Waals surface area contributed by atoms with E-state index in [2.05, 4.69) is 10.3 Å². The van der Waals surface area contributed by atoms with E-state index >= 15 is 4.39 Å². The monoisotopic (exact) mass is 370 g/mol. The second-order valence-corrected chi connectivity index (χ2v) is 6.20. The molecule has 0 saturated heterocycles. The highest BCUT2D eigenvalue weighted by atomic mass is 35.5. The summed E-state index contributed by atoms with van der Waals surface area (Å²) in [7, 11) is 0. The number of alkyl halides is 1. The molecule has 1 aliphatic rings. The number of carbonyl (C=O) groups excluding carboxylic acids is 1. The lowest BCUT2D eigenvalue weighted by atomic mass is 9.81. The Kier molecular flexibility index (Phi) is 4.71. The van der Waals surface area contributed by atoms with Crippen LogP contribution in [0.2, 0.25) is 5.02 Å². The zero-order valence-corrected chi connectivity index (χ0v) is 13.7. The van der Waals surface area contributed by atoms with Gasteiger partial charge in [-0.05, 0) is 31.0 Å². The third-order valence-corrected chi connectivity index (χ3v) is 4.56. The van der Waals surface area contributed by atoms with E-state index in [1.54, 1.807) is 0 Å². The van der Waals surface area contributed by atoms with Crippen molar-refractivity contribution in [3.63, 3.8) is 0 Å². The molecule has 2 aromatic rings. The lowest BCUT2D eigenvalue weighted by molar-refractivity contribution is -0.135. The molecule has 2 N–H and O–H groups in total. The van der Waals surface area contributed by atoms with Gasteiger partial charge in [-0.1, -0.05) is 17.7 Å². The number of halogens is 4. The van der Waals surface area contributed by atoms with Crippen molar-refractivity contribution in [2.75, 3.05) is 0 Å². The minimum absolute atomic E-state index is 0.00776. The molecule has 0 saturated carbocycles. The lowest BCUT2D eigenvalue weighted by Crippen LogP contribution is -2.44. The van der Waals surface area contributed by atoms with Crippen molar-refractivity contribution in [1.29, 1.82) is 0 Å².